The van der Waals surface area contributed by atoms with E-state index in [2.05, 4.69) is 16.9 Å². The Kier molecular flexibility index (Phi) is 5.08. The highest BCUT2D eigenvalue weighted by Gasteiger charge is 2.26. The van der Waals surface area contributed by atoms with E-state index >= 15 is 0 Å². The minimum Gasteiger partial charge on any atom is -0.379 e. The average molecular weight is 465 g/mol. The Morgan fingerprint density at radius 3 is 2.94 bits per heavy atom. The van der Waals surface area contributed by atoms with Crippen molar-refractivity contribution in [2.24, 2.45) is 5.92 Å². The molecule has 1 fully saturated rings. The molecule has 0 bridgehead atoms. The van der Waals surface area contributed by atoms with E-state index in [4.69, 9.17) is 14.7 Å². The highest BCUT2D eigenvalue weighted by Crippen LogP contribution is 2.40. The number of nitro benzene ring substituents is 1. The van der Waals surface area contributed by atoms with Gasteiger partial charge in [-0.1, -0.05) is 6.92 Å². The van der Waals surface area contributed by atoms with Crippen LogP contribution in [-0.2, 0) is 24.1 Å². The number of morpholine rings is 1. The number of ether oxygens (including phenoxy) is 1. The molecule has 1 aromatic carbocycles. The Hall–Kier alpha value is -2.95. The first-order valence-corrected chi connectivity index (χ1v) is 12.1. The highest BCUT2D eigenvalue weighted by atomic mass is 32.1. The molecule has 33 heavy (non-hydrogen) atoms. The molecule has 6 rings (SSSR count). The molecular formula is C23H24N6O3S. The Labute approximate surface area is 194 Å². The van der Waals surface area contributed by atoms with Crippen molar-refractivity contribution in [2.45, 2.75) is 32.7 Å². The van der Waals surface area contributed by atoms with E-state index in [1.54, 1.807) is 34.3 Å². The zero-order valence-electron chi connectivity index (χ0n) is 18.4. The summed E-state index contributed by atoms with van der Waals surface area (Å²) >= 11 is 1.76. The van der Waals surface area contributed by atoms with E-state index in [0.29, 0.717) is 31.2 Å². The number of thiophene rings is 1. The standard InChI is InChI=1S/C23H24N6O3S/c1-14-2-5-17-19(10-14)33-23-21(17)22(25-20(26-23)13-27-6-8-32-9-7-27)28-18-11-16(29(30)31)4-3-15(18)12-24-28/h3-4,11-12,14H,2,5-10,13H2,1H3/t14-/m0/s1. The number of aryl methyl sites for hydroxylation is 1. The van der Waals surface area contributed by atoms with Crippen molar-refractivity contribution in [3.63, 3.8) is 0 Å². The molecule has 0 spiro atoms. The zero-order valence-corrected chi connectivity index (χ0v) is 19.2. The van der Waals surface area contributed by atoms with E-state index in [1.807, 2.05) is 0 Å². The van der Waals surface area contributed by atoms with Crippen LogP contribution in [0.2, 0.25) is 0 Å². The molecule has 4 heterocycles. The maximum absolute atomic E-state index is 11.4. The van der Waals surface area contributed by atoms with Crippen molar-refractivity contribution in [3.8, 4) is 5.82 Å². The molecule has 1 atom stereocenters. The number of fused-ring (bicyclic) bond motifs is 4. The van der Waals surface area contributed by atoms with Gasteiger partial charge in [0.1, 0.15) is 10.7 Å². The van der Waals surface area contributed by atoms with Gasteiger partial charge in [-0.25, -0.2) is 14.6 Å². The Morgan fingerprint density at radius 2 is 2.12 bits per heavy atom. The SMILES string of the molecule is C[C@H]1CCc2c(sc3nc(CN4CCOCC4)nc(-n4ncc5ccc([N+](=O)[O-])cc54)c23)C1. The van der Waals surface area contributed by atoms with Gasteiger partial charge in [-0.15, -0.1) is 11.3 Å². The lowest BCUT2D eigenvalue weighted by Crippen LogP contribution is -2.36. The molecule has 170 valence electrons. The van der Waals surface area contributed by atoms with E-state index in [-0.39, 0.29) is 10.6 Å². The van der Waals surface area contributed by atoms with Gasteiger partial charge in [-0.3, -0.25) is 15.0 Å². The third-order valence-electron chi connectivity index (χ3n) is 6.62. The summed E-state index contributed by atoms with van der Waals surface area (Å²) in [6.07, 6.45) is 4.93. The van der Waals surface area contributed by atoms with Gasteiger partial charge in [0.25, 0.3) is 5.69 Å². The van der Waals surface area contributed by atoms with E-state index < -0.39 is 0 Å². The molecule has 9 nitrogen and oxygen atoms in total. The van der Waals surface area contributed by atoms with Gasteiger partial charge < -0.3 is 4.74 Å². The number of non-ortho nitro benzene ring substituents is 1. The number of benzene rings is 1. The quantitative estimate of drug-likeness (QED) is 0.334. The first-order chi connectivity index (χ1) is 16.1. The maximum atomic E-state index is 11.4. The molecule has 0 saturated carbocycles. The topological polar surface area (TPSA) is 99.2 Å². The van der Waals surface area contributed by atoms with Gasteiger partial charge in [0, 0.05) is 35.5 Å². The van der Waals surface area contributed by atoms with Crippen molar-refractivity contribution < 1.29 is 9.66 Å². The van der Waals surface area contributed by atoms with Crippen LogP contribution in [0.1, 0.15) is 29.6 Å². The van der Waals surface area contributed by atoms with Crippen molar-refractivity contribution in [2.75, 3.05) is 26.3 Å². The predicted octanol–water partition coefficient (Wildman–Crippen LogP) is 3.90. The molecule has 0 amide bonds. The van der Waals surface area contributed by atoms with Crippen LogP contribution in [0.25, 0.3) is 26.9 Å². The number of hydrogen-bond donors (Lipinski definition) is 0. The van der Waals surface area contributed by atoms with Crippen LogP contribution in [0.5, 0.6) is 0 Å². The highest BCUT2D eigenvalue weighted by molar-refractivity contribution is 7.18. The summed E-state index contributed by atoms with van der Waals surface area (Å²) in [5, 5.41) is 17.9. The van der Waals surface area contributed by atoms with Crippen molar-refractivity contribution >= 4 is 38.1 Å². The van der Waals surface area contributed by atoms with E-state index in [1.165, 1.54) is 16.5 Å². The number of nitro groups is 1. The second kappa shape index (κ2) is 8.12. The van der Waals surface area contributed by atoms with E-state index in [9.17, 15) is 10.1 Å². The summed E-state index contributed by atoms with van der Waals surface area (Å²) in [7, 11) is 0. The molecule has 1 saturated heterocycles. The molecule has 1 aliphatic carbocycles. The lowest BCUT2D eigenvalue weighted by atomic mass is 9.89. The summed E-state index contributed by atoms with van der Waals surface area (Å²) < 4.78 is 7.25. The lowest BCUT2D eigenvalue weighted by molar-refractivity contribution is -0.384. The second-order valence-electron chi connectivity index (χ2n) is 8.94. The first-order valence-electron chi connectivity index (χ1n) is 11.3. The number of aromatic nitrogens is 4. The Balaban J connectivity index is 1.55. The predicted molar refractivity (Wildman–Crippen MR) is 126 cm³/mol. The fraction of sp³-hybridized carbons (Fsp3) is 0.435. The summed E-state index contributed by atoms with van der Waals surface area (Å²) in [4.78, 5) is 25.7. The van der Waals surface area contributed by atoms with Crippen LogP contribution < -0.4 is 0 Å². The normalized spacial score (nSPS) is 19.2. The van der Waals surface area contributed by atoms with Gasteiger partial charge >= 0.3 is 0 Å². The minimum absolute atomic E-state index is 0.0456. The Bertz CT molecular complexity index is 1370. The molecule has 1 aliphatic heterocycles. The van der Waals surface area contributed by atoms with Crippen LogP contribution in [-0.4, -0.2) is 55.9 Å². The fourth-order valence-electron chi connectivity index (χ4n) is 4.84. The van der Waals surface area contributed by atoms with Crippen LogP contribution in [0.15, 0.2) is 24.4 Å². The third-order valence-corrected chi connectivity index (χ3v) is 7.77. The largest absolute Gasteiger partial charge is 0.379 e. The minimum atomic E-state index is -0.371. The van der Waals surface area contributed by atoms with Crippen LogP contribution in [0.3, 0.4) is 0 Å². The van der Waals surface area contributed by atoms with Gasteiger partial charge in [0.15, 0.2) is 5.82 Å². The maximum Gasteiger partial charge on any atom is 0.271 e. The van der Waals surface area contributed by atoms with Crippen LogP contribution >= 0.6 is 11.3 Å². The van der Waals surface area contributed by atoms with Crippen molar-refractivity contribution in [1.29, 1.82) is 0 Å². The fourth-order valence-corrected chi connectivity index (χ4v) is 6.23. The van der Waals surface area contributed by atoms with Gasteiger partial charge in [0.2, 0.25) is 0 Å². The summed E-state index contributed by atoms with van der Waals surface area (Å²) in [5.74, 6) is 2.13. The lowest BCUT2D eigenvalue weighted by Gasteiger charge is -2.25. The summed E-state index contributed by atoms with van der Waals surface area (Å²) in [6, 6.07) is 4.84. The van der Waals surface area contributed by atoms with Gasteiger partial charge in [-0.2, -0.15) is 5.10 Å². The molecule has 3 aromatic heterocycles. The number of nitrogens with zero attached hydrogens (tertiary/aromatic N) is 6. The molecular weight excluding hydrogens is 440 g/mol. The number of rotatable bonds is 4. The monoisotopic (exact) mass is 464 g/mol. The van der Waals surface area contributed by atoms with Crippen LogP contribution in [0.4, 0.5) is 5.69 Å². The average Bonchev–Trinajstić information content (AvgIpc) is 3.39. The van der Waals surface area contributed by atoms with Crippen LogP contribution in [0, 0.1) is 16.0 Å². The molecule has 0 N–H and O–H groups in total. The second-order valence-corrected chi connectivity index (χ2v) is 10.0. The van der Waals surface area contributed by atoms with Gasteiger partial charge in [-0.05, 0) is 36.8 Å². The number of hydrogen-bond acceptors (Lipinski definition) is 8. The first kappa shape index (κ1) is 20.6. The van der Waals surface area contributed by atoms with Crippen molar-refractivity contribution in [1.82, 2.24) is 24.6 Å². The van der Waals surface area contributed by atoms with Crippen molar-refractivity contribution in [3.05, 3.63) is 50.8 Å². The Morgan fingerprint density at radius 1 is 1.27 bits per heavy atom. The molecule has 0 radical (unpaired) electrons. The molecule has 0 unspecified atom stereocenters. The summed E-state index contributed by atoms with van der Waals surface area (Å²) in [6.45, 7) is 6.08. The smallest absolute Gasteiger partial charge is 0.271 e. The van der Waals surface area contributed by atoms with Gasteiger partial charge in [0.05, 0.1) is 41.8 Å². The van der Waals surface area contributed by atoms with E-state index in [0.717, 1.165) is 59.6 Å². The molecule has 4 aromatic rings. The molecule has 2 aliphatic rings. The summed E-state index contributed by atoms with van der Waals surface area (Å²) in [5.41, 5.74) is 2.05. The zero-order chi connectivity index (χ0) is 22.5. The third kappa shape index (κ3) is 3.68. The molecule has 10 heteroatoms.